The van der Waals surface area contributed by atoms with E-state index >= 15 is 0 Å². The van der Waals surface area contributed by atoms with Crippen molar-refractivity contribution in [2.45, 2.75) is 18.4 Å². The number of hydrogen-bond donors (Lipinski definition) is 0. The van der Waals surface area contributed by atoms with E-state index in [-0.39, 0.29) is 12.4 Å². The minimum atomic E-state index is 0. The molecule has 0 aromatic heterocycles. The summed E-state index contributed by atoms with van der Waals surface area (Å²) >= 11 is 0. The molecule has 2 bridgehead atoms. The SMILES string of the molecule is C1CN2CCC1C1(CO1)C2.[Cl-]. The molecular formula is C8H13ClNO-. The van der Waals surface area contributed by atoms with Gasteiger partial charge in [-0.1, -0.05) is 0 Å². The Hall–Kier alpha value is 0.210. The highest BCUT2D eigenvalue weighted by Gasteiger charge is 2.56. The zero-order chi connectivity index (χ0) is 6.60. The first-order valence-corrected chi connectivity index (χ1v) is 4.25. The molecule has 4 aliphatic rings. The van der Waals surface area contributed by atoms with Crippen molar-refractivity contribution < 1.29 is 17.1 Å². The van der Waals surface area contributed by atoms with Gasteiger partial charge in [0.05, 0.1) is 6.61 Å². The Morgan fingerprint density at radius 3 is 2.18 bits per heavy atom. The highest BCUT2D eigenvalue weighted by Crippen LogP contribution is 2.46. The van der Waals surface area contributed by atoms with Gasteiger partial charge < -0.3 is 22.0 Å². The third-order valence-electron chi connectivity index (χ3n) is 3.34. The number of halogens is 1. The molecule has 0 N–H and O–H groups in total. The van der Waals surface area contributed by atoms with Crippen LogP contribution in [0.1, 0.15) is 12.8 Å². The summed E-state index contributed by atoms with van der Waals surface area (Å²) in [6.45, 7) is 4.94. The molecule has 0 aromatic carbocycles. The van der Waals surface area contributed by atoms with Gasteiger partial charge in [0, 0.05) is 6.54 Å². The molecule has 0 amide bonds. The van der Waals surface area contributed by atoms with Crippen LogP contribution in [0.4, 0.5) is 0 Å². The van der Waals surface area contributed by atoms with Gasteiger partial charge >= 0.3 is 0 Å². The summed E-state index contributed by atoms with van der Waals surface area (Å²) in [5, 5.41) is 0. The Bertz CT molecular complexity index is 161. The molecule has 1 atom stereocenters. The van der Waals surface area contributed by atoms with E-state index in [9.17, 15) is 0 Å². The van der Waals surface area contributed by atoms with E-state index in [0.717, 1.165) is 12.5 Å². The molecule has 1 spiro atoms. The zero-order valence-electron chi connectivity index (χ0n) is 6.55. The minimum absolute atomic E-state index is 0. The van der Waals surface area contributed by atoms with Crippen molar-refractivity contribution in [3.63, 3.8) is 0 Å². The summed E-state index contributed by atoms with van der Waals surface area (Å²) in [5.41, 5.74) is 0.372. The largest absolute Gasteiger partial charge is 1.00 e. The lowest BCUT2D eigenvalue weighted by Gasteiger charge is -2.43. The average Bonchev–Trinajstić information content (AvgIpc) is 2.72. The van der Waals surface area contributed by atoms with Gasteiger partial charge in [0.1, 0.15) is 5.60 Å². The number of epoxide rings is 1. The van der Waals surface area contributed by atoms with Crippen LogP contribution in [0.3, 0.4) is 0 Å². The number of rotatable bonds is 0. The molecule has 0 aliphatic carbocycles. The van der Waals surface area contributed by atoms with Crippen molar-refractivity contribution in [1.82, 2.24) is 4.90 Å². The third kappa shape index (κ3) is 1.00. The highest BCUT2D eigenvalue weighted by atomic mass is 35.5. The lowest BCUT2D eigenvalue weighted by Crippen LogP contribution is -3.00. The van der Waals surface area contributed by atoms with Crippen LogP contribution in [0.15, 0.2) is 0 Å². The minimum Gasteiger partial charge on any atom is -1.00 e. The highest BCUT2D eigenvalue weighted by molar-refractivity contribution is 5.06. The van der Waals surface area contributed by atoms with Gasteiger partial charge in [-0.25, -0.2) is 0 Å². The van der Waals surface area contributed by atoms with Crippen LogP contribution in [0.5, 0.6) is 0 Å². The lowest BCUT2D eigenvalue weighted by molar-refractivity contribution is -0.00000431. The lowest BCUT2D eigenvalue weighted by atomic mass is 9.79. The monoisotopic (exact) mass is 174 g/mol. The van der Waals surface area contributed by atoms with Gasteiger partial charge in [0.15, 0.2) is 0 Å². The first-order valence-electron chi connectivity index (χ1n) is 4.25. The van der Waals surface area contributed by atoms with Crippen molar-refractivity contribution in [3.05, 3.63) is 0 Å². The van der Waals surface area contributed by atoms with E-state index in [1.807, 2.05) is 0 Å². The predicted octanol–water partition coefficient (Wildman–Crippen LogP) is -2.51. The Kier molecular flexibility index (Phi) is 1.67. The number of piperidine rings is 3. The molecule has 0 aromatic rings. The topological polar surface area (TPSA) is 15.8 Å². The van der Waals surface area contributed by atoms with Gasteiger partial charge in [-0.05, 0) is 31.8 Å². The van der Waals surface area contributed by atoms with Crippen LogP contribution < -0.4 is 12.4 Å². The van der Waals surface area contributed by atoms with Gasteiger partial charge in [-0.15, -0.1) is 0 Å². The van der Waals surface area contributed by atoms with E-state index in [4.69, 9.17) is 4.74 Å². The molecule has 0 saturated carbocycles. The summed E-state index contributed by atoms with van der Waals surface area (Å²) in [7, 11) is 0. The van der Waals surface area contributed by atoms with Crippen LogP contribution >= 0.6 is 0 Å². The summed E-state index contributed by atoms with van der Waals surface area (Å²) in [5.74, 6) is 0.914. The predicted molar refractivity (Wildman–Crippen MR) is 37.8 cm³/mol. The fraction of sp³-hybridized carbons (Fsp3) is 1.00. The number of hydrogen-bond acceptors (Lipinski definition) is 2. The maximum atomic E-state index is 5.53. The van der Waals surface area contributed by atoms with Gasteiger partial charge in [0.2, 0.25) is 0 Å². The number of nitrogens with zero attached hydrogens (tertiary/aromatic N) is 1. The van der Waals surface area contributed by atoms with Crippen LogP contribution in [-0.2, 0) is 4.74 Å². The van der Waals surface area contributed by atoms with E-state index in [0.29, 0.717) is 5.60 Å². The van der Waals surface area contributed by atoms with Crippen LogP contribution in [-0.4, -0.2) is 36.7 Å². The Morgan fingerprint density at radius 1 is 1.27 bits per heavy atom. The summed E-state index contributed by atoms with van der Waals surface area (Å²) in [6, 6.07) is 0. The number of fused-ring (bicyclic) bond motifs is 2. The number of ether oxygens (including phenoxy) is 1. The molecule has 4 fully saturated rings. The molecular weight excluding hydrogens is 162 g/mol. The molecule has 0 radical (unpaired) electrons. The first-order chi connectivity index (χ1) is 4.89. The molecule has 1 unspecified atom stereocenters. The van der Waals surface area contributed by atoms with E-state index in [1.54, 1.807) is 0 Å². The van der Waals surface area contributed by atoms with Crippen LogP contribution in [0.25, 0.3) is 0 Å². The molecule has 3 heteroatoms. The second kappa shape index (κ2) is 2.35. The molecule has 4 rings (SSSR count). The molecule has 11 heavy (non-hydrogen) atoms. The first kappa shape index (κ1) is 7.84. The molecule has 4 saturated heterocycles. The Labute approximate surface area is 73.3 Å². The van der Waals surface area contributed by atoms with Gasteiger partial charge in [-0.3, -0.25) is 0 Å². The quantitative estimate of drug-likeness (QED) is 0.377. The second-order valence-corrected chi connectivity index (χ2v) is 3.90. The van der Waals surface area contributed by atoms with Crippen molar-refractivity contribution >= 4 is 0 Å². The normalized spacial score (nSPS) is 52.4. The van der Waals surface area contributed by atoms with Crippen LogP contribution in [0, 0.1) is 5.92 Å². The van der Waals surface area contributed by atoms with E-state index in [1.165, 1.54) is 32.5 Å². The van der Waals surface area contributed by atoms with Gasteiger partial charge in [-0.2, -0.15) is 0 Å². The van der Waals surface area contributed by atoms with E-state index < -0.39 is 0 Å². The summed E-state index contributed by atoms with van der Waals surface area (Å²) < 4.78 is 5.53. The maximum absolute atomic E-state index is 5.53. The average molecular weight is 175 g/mol. The zero-order valence-corrected chi connectivity index (χ0v) is 7.31. The molecule has 4 aliphatic heterocycles. The van der Waals surface area contributed by atoms with E-state index in [2.05, 4.69) is 4.90 Å². The van der Waals surface area contributed by atoms with Crippen molar-refractivity contribution in [1.29, 1.82) is 0 Å². The smallest absolute Gasteiger partial charge is 0.107 e. The van der Waals surface area contributed by atoms with Crippen LogP contribution in [0.2, 0.25) is 0 Å². The maximum Gasteiger partial charge on any atom is 0.107 e. The molecule has 64 valence electrons. The summed E-state index contributed by atoms with van der Waals surface area (Å²) in [4.78, 5) is 2.55. The van der Waals surface area contributed by atoms with Crippen molar-refractivity contribution in [2.24, 2.45) is 5.92 Å². The third-order valence-corrected chi connectivity index (χ3v) is 3.34. The van der Waals surface area contributed by atoms with Crippen molar-refractivity contribution in [2.75, 3.05) is 26.2 Å². The van der Waals surface area contributed by atoms with Crippen molar-refractivity contribution in [3.8, 4) is 0 Å². The fourth-order valence-corrected chi connectivity index (χ4v) is 2.54. The molecule has 2 nitrogen and oxygen atoms in total. The fourth-order valence-electron chi connectivity index (χ4n) is 2.54. The molecule has 4 heterocycles. The van der Waals surface area contributed by atoms with Gasteiger partial charge in [0.25, 0.3) is 0 Å². The standard InChI is InChI=1S/C8H13NO.ClH/c1-3-9-4-2-7(1)8(5-9)6-10-8;/h7H,1-6H2;1H/p-1. The Balaban J connectivity index is 0.000000480. The summed E-state index contributed by atoms with van der Waals surface area (Å²) in [6.07, 6.45) is 2.78. The Morgan fingerprint density at radius 2 is 1.91 bits per heavy atom. The second-order valence-electron chi connectivity index (χ2n) is 3.90.